The van der Waals surface area contributed by atoms with Crippen molar-refractivity contribution in [3.8, 4) is 0 Å². The molecule has 2 aliphatic heterocycles. The molecule has 1 unspecified atom stereocenters. The van der Waals surface area contributed by atoms with Gasteiger partial charge >= 0.3 is 0 Å². The fraction of sp³-hybridized carbons (Fsp3) is 0.364. The van der Waals surface area contributed by atoms with E-state index in [2.05, 4.69) is 40.3 Å². The third-order valence-electron chi connectivity index (χ3n) is 5.89. The predicted octanol–water partition coefficient (Wildman–Crippen LogP) is 3.66. The van der Waals surface area contributed by atoms with Gasteiger partial charge in [0.2, 0.25) is 0 Å². The molecule has 6 heteroatoms. The van der Waals surface area contributed by atoms with E-state index in [1.165, 1.54) is 33.9 Å². The molecule has 1 atom stereocenters. The number of H-pyrrole nitrogens is 1. The molecule has 4 heterocycles. The topological polar surface area (TPSA) is 52.2 Å². The Morgan fingerprint density at radius 1 is 1.18 bits per heavy atom. The van der Waals surface area contributed by atoms with Crippen LogP contribution in [-0.2, 0) is 19.5 Å². The SMILES string of the molecule is O=C(c1cccs1)N1CCC(c2n[nH]c3c2CN(Cc2ccccc2)CC3)C1. The summed E-state index contributed by atoms with van der Waals surface area (Å²) in [4.78, 5) is 18.0. The molecule has 0 spiro atoms. The molecule has 1 aromatic carbocycles. The molecule has 0 aliphatic carbocycles. The summed E-state index contributed by atoms with van der Waals surface area (Å²) < 4.78 is 0. The van der Waals surface area contributed by atoms with Crippen LogP contribution >= 0.6 is 11.3 Å². The standard InChI is InChI=1S/C22H24N4OS/c27-22(20-7-4-12-28-20)26-11-8-17(14-26)21-18-15-25(10-9-19(18)23-24-21)13-16-5-2-1-3-6-16/h1-7,12,17H,8-11,13-15H2,(H,23,24). The van der Waals surface area contributed by atoms with Crippen molar-refractivity contribution in [1.29, 1.82) is 0 Å². The normalized spacial score (nSPS) is 19.7. The number of aromatic nitrogens is 2. The van der Waals surface area contributed by atoms with Crippen molar-refractivity contribution in [3.05, 3.63) is 75.2 Å². The van der Waals surface area contributed by atoms with Crippen molar-refractivity contribution in [2.45, 2.75) is 31.8 Å². The van der Waals surface area contributed by atoms with E-state index in [-0.39, 0.29) is 5.91 Å². The Kier molecular flexibility index (Phi) is 4.74. The summed E-state index contributed by atoms with van der Waals surface area (Å²) in [6.45, 7) is 4.55. The molecule has 144 valence electrons. The third kappa shape index (κ3) is 3.38. The molecule has 1 N–H and O–H groups in total. The third-order valence-corrected chi connectivity index (χ3v) is 6.75. The Bertz CT molecular complexity index is 950. The van der Waals surface area contributed by atoms with Crippen LogP contribution in [-0.4, -0.2) is 45.5 Å². The molecular weight excluding hydrogens is 368 g/mol. The quantitative estimate of drug-likeness (QED) is 0.737. The highest BCUT2D eigenvalue weighted by molar-refractivity contribution is 7.12. The second kappa shape index (κ2) is 7.53. The number of amides is 1. The van der Waals surface area contributed by atoms with Gasteiger partial charge in [-0.1, -0.05) is 36.4 Å². The molecule has 0 bridgehead atoms. The van der Waals surface area contributed by atoms with Crippen molar-refractivity contribution in [3.63, 3.8) is 0 Å². The summed E-state index contributed by atoms with van der Waals surface area (Å²) in [5.41, 5.74) is 5.17. The lowest BCUT2D eigenvalue weighted by Gasteiger charge is -2.27. The first kappa shape index (κ1) is 17.6. The first-order valence-electron chi connectivity index (χ1n) is 9.93. The molecule has 3 aromatic rings. The predicted molar refractivity (Wildman–Crippen MR) is 110 cm³/mol. The van der Waals surface area contributed by atoms with Gasteiger partial charge in [-0.25, -0.2) is 0 Å². The number of aromatic amines is 1. The highest BCUT2D eigenvalue weighted by atomic mass is 32.1. The van der Waals surface area contributed by atoms with Crippen molar-refractivity contribution in [2.24, 2.45) is 0 Å². The van der Waals surface area contributed by atoms with Crippen molar-refractivity contribution >= 4 is 17.2 Å². The highest BCUT2D eigenvalue weighted by Gasteiger charge is 2.33. The molecule has 2 aromatic heterocycles. The van der Waals surface area contributed by atoms with Gasteiger partial charge in [-0.15, -0.1) is 11.3 Å². The van der Waals surface area contributed by atoms with Crippen LogP contribution in [0.25, 0.3) is 0 Å². The molecule has 0 radical (unpaired) electrons. The number of likely N-dealkylation sites (tertiary alicyclic amines) is 1. The van der Waals surface area contributed by atoms with Gasteiger partial charge in [0.25, 0.3) is 5.91 Å². The first-order chi connectivity index (χ1) is 13.8. The number of carbonyl (C=O) groups is 1. The van der Waals surface area contributed by atoms with E-state index in [0.717, 1.165) is 50.4 Å². The molecule has 1 saturated heterocycles. The van der Waals surface area contributed by atoms with Gasteiger partial charge in [0, 0.05) is 56.3 Å². The molecule has 5 rings (SSSR count). The molecule has 2 aliphatic rings. The Morgan fingerprint density at radius 3 is 2.89 bits per heavy atom. The highest BCUT2D eigenvalue weighted by Crippen LogP contribution is 2.33. The Morgan fingerprint density at radius 2 is 2.07 bits per heavy atom. The number of rotatable bonds is 4. The minimum atomic E-state index is 0.160. The minimum absolute atomic E-state index is 0.160. The van der Waals surface area contributed by atoms with Crippen LogP contribution in [0.15, 0.2) is 47.8 Å². The zero-order valence-corrected chi connectivity index (χ0v) is 16.6. The lowest BCUT2D eigenvalue weighted by atomic mass is 9.96. The van der Waals surface area contributed by atoms with Crippen LogP contribution < -0.4 is 0 Å². The van der Waals surface area contributed by atoms with Gasteiger partial charge in [-0.3, -0.25) is 14.8 Å². The molecule has 1 fully saturated rings. The van der Waals surface area contributed by atoms with Crippen molar-refractivity contribution < 1.29 is 4.79 Å². The second-order valence-corrected chi connectivity index (χ2v) is 8.67. The van der Waals surface area contributed by atoms with E-state index in [1.807, 2.05) is 22.4 Å². The van der Waals surface area contributed by atoms with E-state index in [4.69, 9.17) is 5.10 Å². The number of fused-ring (bicyclic) bond motifs is 1. The summed E-state index contributed by atoms with van der Waals surface area (Å²) in [7, 11) is 0. The smallest absolute Gasteiger partial charge is 0.263 e. The van der Waals surface area contributed by atoms with Gasteiger partial charge in [0.1, 0.15) is 0 Å². The maximum absolute atomic E-state index is 12.7. The Hall–Kier alpha value is -2.44. The van der Waals surface area contributed by atoms with Crippen LogP contribution in [0, 0.1) is 0 Å². The van der Waals surface area contributed by atoms with Crippen molar-refractivity contribution in [1.82, 2.24) is 20.0 Å². The average Bonchev–Trinajstić information content (AvgIpc) is 3.48. The fourth-order valence-electron chi connectivity index (χ4n) is 4.41. The van der Waals surface area contributed by atoms with E-state index >= 15 is 0 Å². The lowest BCUT2D eigenvalue weighted by molar-refractivity contribution is 0.0795. The Balaban J connectivity index is 1.29. The van der Waals surface area contributed by atoms with E-state index < -0.39 is 0 Å². The fourth-order valence-corrected chi connectivity index (χ4v) is 5.10. The average molecular weight is 393 g/mol. The van der Waals surface area contributed by atoms with Gasteiger partial charge < -0.3 is 4.90 Å². The zero-order chi connectivity index (χ0) is 18.9. The number of nitrogens with one attached hydrogen (secondary N) is 1. The minimum Gasteiger partial charge on any atom is -0.337 e. The second-order valence-electron chi connectivity index (χ2n) is 7.73. The lowest BCUT2D eigenvalue weighted by Crippen LogP contribution is -2.31. The summed E-state index contributed by atoms with van der Waals surface area (Å²) in [6.07, 6.45) is 2.01. The molecular formula is C22H24N4OS. The van der Waals surface area contributed by atoms with Crippen LogP contribution in [0.1, 0.15) is 44.5 Å². The summed E-state index contributed by atoms with van der Waals surface area (Å²) in [5.74, 6) is 0.494. The van der Waals surface area contributed by atoms with Crippen LogP contribution in [0.3, 0.4) is 0 Å². The van der Waals surface area contributed by atoms with E-state index in [0.29, 0.717) is 5.92 Å². The maximum atomic E-state index is 12.7. The Labute approximate surface area is 169 Å². The number of thiophene rings is 1. The monoisotopic (exact) mass is 392 g/mol. The number of nitrogens with zero attached hydrogens (tertiary/aromatic N) is 3. The molecule has 28 heavy (non-hydrogen) atoms. The maximum Gasteiger partial charge on any atom is 0.263 e. The van der Waals surface area contributed by atoms with Gasteiger partial charge in [-0.2, -0.15) is 5.10 Å². The summed E-state index contributed by atoms with van der Waals surface area (Å²) in [6, 6.07) is 14.5. The summed E-state index contributed by atoms with van der Waals surface area (Å²) >= 11 is 1.52. The summed E-state index contributed by atoms with van der Waals surface area (Å²) in [5, 5.41) is 9.94. The van der Waals surface area contributed by atoms with Crippen LogP contribution in [0.5, 0.6) is 0 Å². The first-order valence-corrected chi connectivity index (χ1v) is 10.8. The van der Waals surface area contributed by atoms with E-state index in [1.54, 1.807) is 0 Å². The number of carbonyl (C=O) groups excluding carboxylic acids is 1. The number of benzene rings is 1. The van der Waals surface area contributed by atoms with E-state index in [9.17, 15) is 4.79 Å². The zero-order valence-electron chi connectivity index (χ0n) is 15.8. The van der Waals surface area contributed by atoms with Crippen molar-refractivity contribution in [2.75, 3.05) is 19.6 Å². The largest absolute Gasteiger partial charge is 0.337 e. The molecule has 1 amide bonds. The molecule has 5 nitrogen and oxygen atoms in total. The van der Waals surface area contributed by atoms with Gasteiger partial charge in [-0.05, 0) is 23.4 Å². The van der Waals surface area contributed by atoms with Gasteiger partial charge in [0.15, 0.2) is 0 Å². The number of hydrogen-bond donors (Lipinski definition) is 1. The van der Waals surface area contributed by atoms with Crippen LogP contribution in [0.4, 0.5) is 0 Å². The van der Waals surface area contributed by atoms with Gasteiger partial charge in [0.05, 0.1) is 10.6 Å². The number of hydrogen-bond acceptors (Lipinski definition) is 4. The molecule has 0 saturated carbocycles. The van der Waals surface area contributed by atoms with Crippen LogP contribution in [0.2, 0.25) is 0 Å².